The second-order valence-electron chi connectivity index (χ2n) is 4.28. The first kappa shape index (κ1) is 11.0. The van der Waals surface area contributed by atoms with Crippen molar-refractivity contribution in [3.05, 3.63) is 54.2 Å². The van der Waals surface area contributed by atoms with Crippen molar-refractivity contribution in [1.29, 1.82) is 0 Å². The minimum Gasteiger partial charge on any atom is -0.369 e. The fourth-order valence-electron chi connectivity index (χ4n) is 2.24. The Kier molecular flexibility index (Phi) is 2.86. The van der Waals surface area contributed by atoms with Crippen LogP contribution in [0.1, 0.15) is 11.8 Å². The predicted octanol–water partition coefficient (Wildman–Crippen LogP) is 2.00. The molecular formula is C14H15N3O. The molecular weight excluding hydrogens is 226 g/mol. The third-order valence-corrected chi connectivity index (χ3v) is 3.13. The van der Waals surface area contributed by atoms with Gasteiger partial charge in [0.05, 0.1) is 5.69 Å². The summed E-state index contributed by atoms with van der Waals surface area (Å²) in [6, 6.07) is 13.5. The third-order valence-electron chi connectivity index (χ3n) is 3.13. The van der Waals surface area contributed by atoms with Crippen molar-refractivity contribution in [2.24, 2.45) is 0 Å². The van der Waals surface area contributed by atoms with Crippen LogP contribution in [-0.4, -0.2) is 23.2 Å². The van der Waals surface area contributed by atoms with E-state index in [4.69, 9.17) is 0 Å². The van der Waals surface area contributed by atoms with Gasteiger partial charge in [0, 0.05) is 24.8 Å². The minimum absolute atomic E-state index is 0.628. The van der Waals surface area contributed by atoms with E-state index in [-0.39, 0.29) is 0 Å². The summed E-state index contributed by atoms with van der Waals surface area (Å²) in [6.45, 7) is 1.54. The van der Waals surface area contributed by atoms with Crippen LogP contribution in [0.3, 0.4) is 0 Å². The topological polar surface area (TPSA) is 48.4 Å². The van der Waals surface area contributed by atoms with Crippen LogP contribution < -0.4 is 10.2 Å². The Balaban J connectivity index is 1.94. The van der Waals surface area contributed by atoms with Crippen LogP contribution in [0, 0.1) is 0 Å². The van der Waals surface area contributed by atoms with E-state index in [9.17, 15) is 5.11 Å². The smallest absolute Gasteiger partial charge is 0.153 e. The Morgan fingerprint density at radius 2 is 2.00 bits per heavy atom. The van der Waals surface area contributed by atoms with E-state index in [0.717, 1.165) is 30.2 Å². The highest BCUT2D eigenvalue weighted by Gasteiger charge is 2.23. The van der Waals surface area contributed by atoms with Crippen molar-refractivity contribution in [3.8, 4) is 0 Å². The van der Waals surface area contributed by atoms with E-state index in [1.807, 2.05) is 47.4 Å². The van der Waals surface area contributed by atoms with Crippen LogP contribution in [-0.2, 0) is 0 Å². The molecule has 0 spiro atoms. The summed E-state index contributed by atoms with van der Waals surface area (Å²) in [5.41, 5.74) is 1.84. The average Bonchev–Trinajstić information content (AvgIpc) is 2.47. The van der Waals surface area contributed by atoms with Gasteiger partial charge in [-0.2, -0.15) is 0 Å². The number of pyridine rings is 1. The summed E-state index contributed by atoms with van der Waals surface area (Å²) in [5.74, 6) is 0.832. The summed E-state index contributed by atoms with van der Waals surface area (Å²) in [7, 11) is 0. The first-order valence-electron chi connectivity index (χ1n) is 6.05. The lowest BCUT2D eigenvalue weighted by atomic mass is 10.1. The summed E-state index contributed by atoms with van der Waals surface area (Å²) in [4.78, 5) is 6.25. The summed E-state index contributed by atoms with van der Waals surface area (Å²) in [6.07, 6.45) is 1.13. The number of fused-ring (bicyclic) bond motifs is 1. The number of benzene rings is 1. The van der Waals surface area contributed by atoms with Gasteiger partial charge in [-0.25, -0.2) is 4.98 Å². The number of aromatic nitrogens is 1. The van der Waals surface area contributed by atoms with Crippen molar-refractivity contribution < 1.29 is 5.11 Å². The number of hydrogen-bond acceptors (Lipinski definition) is 4. The van der Waals surface area contributed by atoms with Gasteiger partial charge in [-0.1, -0.05) is 30.3 Å². The van der Waals surface area contributed by atoms with Crippen molar-refractivity contribution in [2.75, 3.05) is 23.3 Å². The molecule has 0 aliphatic carbocycles. The zero-order valence-corrected chi connectivity index (χ0v) is 9.95. The largest absolute Gasteiger partial charge is 0.369 e. The maximum atomic E-state index is 10.5. The first-order chi connectivity index (χ1) is 8.86. The SMILES string of the molecule is OC(c1ccccc1)N1CCNc2ncccc21. The standard InChI is InChI=1S/C14H15N3O/c18-14(11-5-2-1-3-6-11)17-10-9-16-13-12(17)7-4-8-15-13/h1-8,14,18H,9-10H2,(H,15,16). The number of nitrogens with one attached hydrogen (secondary N) is 1. The molecule has 1 aromatic carbocycles. The van der Waals surface area contributed by atoms with Crippen LogP contribution in [0.25, 0.3) is 0 Å². The Bertz CT molecular complexity index is 530. The molecule has 1 atom stereocenters. The molecule has 3 rings (SSSR count). The molecule has 1 unspecified atom stereocenters. The van der Waals surface area contributed by atoms with Crippen molar-refractivity contribution in [3.63, 3.8) is 0 Å². The van der Waals surface area contributed by atoms with E-state index in [1.165, 1.54) is 0 Å². The van der Waals surface area contributed by atoms with Crippen LogP contribution in [0.5, 0.6) is 0 Å². The fourth-order valence-corrected chi connectivity index (χ4v) is 2.24. The van der Waals surface area contributed by atoms with E-state index in [2.05, 4.69) is 10.3 Å². The molecule has 1 aliphatic rings. The summed E-state index contributed by atoms with van der Waals surface area (Å²) < 4.78 is 0. The van der Waals surface area contributed by atoms with Gasteiger partial charge in [-0.05, 0) is 12.1 Å². The number of hydrogen-bond donors (Lipinski definition) is 2. The quantitative estimate of drug-likeness (QED) is 0.844. The number of rotatable bonds is 2. The fraction of sp³-hybridized carbons (Fsp3) is 0.214. The molecule has 4 heteroatoms. The van der Waals surface area contributed by atoms with Crippen molar-refractivity contribution in [2.45, 2.75) is 6.23 Å². The molecule has 0 amide bonds. The molecule has 2 N–H and O–H groups in total. The van der Waals surface area contributed by atoms with Crippen molar-refractivity contribution >= 4 is 11.5 Å². The van der Waals surface area contributed by atoms with E-state index < -0.39 is 6.23 Å². The molecule has 1 aliphatic heterocycles. The highest BCUT2D eigenvalue weighted by Crippen LogP contribution is 2.32. The molecule has 2 heterocycles. The third kappa shape index (κ3) is 1.91. The molecule has 92 valence electrons. The molecule has 0 saturated carbocycles. The highest BCUT2D eigenvalue weighted by atomic mass is 16.3. The Hall–Kier alpha value is -2.07. The second-order valence-corrected chi connectivity index (χ2v) is 4.28. The van der Waals surface area contributed by atoms with Gasteiger partial charge in [0.15, 0.2) is 6.23 Å². The van der Waals surface area contributed by atoms with Crippen LogP contribution in [0.2, 0.25) is 0 Å². The van der Waals surface area contributed by atoms with Gasteiger partial charge in [0.1, 0.15) is 5.82 Å². The van der Waals surface area contributed by atoms with Crippen LogP contribution in [0.15, 0.2) is 48.7 Å². The van der Waals surface area contributed by atoms with E-state index in [1.54, 1.807) is 6.20 Å². The molecule has 4 nitrogen and oxygen atoms in total. The average molecular weight is 241 g/mol. The first-order valence-corrected chi connectivity index (χ1v) is 6.05. The van der Waals surface area contributed by atoms with Gasteiger partial charge in [-0.15, -0.1) is 0 Å². The Morgan fingerprint density at radius 3 is 2.83 bits per heavy atom. The van der Waals surface area contributed by atoms with Gasteiger partial charge in [-0.3, -0.25) is 0 Å². The predicted molar refractivity (Wildman–Crippen MR) is 71.5 cm³/mol. The highest BCUT2D eigenvalue weighted by molar-refractivity contribution is 5.68. The van der Waals surface area contributed by atoms with Gasteiger partial charge in [0.25, 0.3) is 0 Å². The molecule has 1 aromatic heterocycles. The molecule has 0 fully saturated rings. The number of nitrogens with zero attached hydrogens (tertiary/aromatic N) is 2. The molecule has 0 radical (unpaired) electrons. The van der Waals surface area contributed by atoms with Crippen LogP contribution in [0.4, 0.5) is 11.5 Å². The van der Waals surface area contributed by atoms with Crippen LogP contribution >= 0.6 is 0 Å². The maximum Gasteiger partial charge on any atom is 0.153 e. The van der Waals surface area contributed by atoms with Crippen molar-refractivity contribution in [1.82, 2.24) is 4.98 Å². The lowest BCUT2D eigenvalue weighted by Crippen LogP contribution is -2.37. The molecule has 0 saturated heterocycles. The zero-order chi connectivity index (χ0) is 12.4. The molecule has 2 aromatic rings. The molecule has 0 bridgehead atoms. The number of anilines is 2. The molecule has 18 heavy (non-hydrogen) atoms. The summed E-state index contributed by atoms with van der Waals surface area (Å²) in [5, 5.41) is 13.7. The minimum atomic E-state index is -0.628. The number of aliphatic hydroxyl groups excluding tert-OH is 1. The zero-order valence-electron chi connectivity index (χ0n) is 9.95. The lowest BCUT2D eigenvalue weighted by Gasteiger charge is -2.35. The maximum absolute atomic E-state index is 10.5. The normalized spacial score (nSPS) is 15.7. The van der Waals surface area contributed by atoms with Gasteiger partial charge in [0.2, 0.25) is 0 Å². The monoisotopic (exact) mass is 241 g/mol. The number of aliphatic hydroxyl groups is 1. The Labute approximate surface area is 106 Å². The summed E-state index contributed by atoms with van der Waals surface area (Å²) >= 11 is 0. The second kappa shape index (κ2) is 4.66. The Morgan fingerprint density at radius 1 is 1.17 bits per heavy atom. The van der Waals surface area contributed by atoms with Gasteiger partial charge >= 0.3 is 0 Å². The lowest BCUT2D eigenvalue weighted by molar-refractivity contribution is 0.172. The van der Waals surface area contributed by atoms with E-state index in [0.29, 0.717) is 0 Å². The van der Waals surface area contributed by atoms with Gasteiger partial charge < -0.3 is 15.3 Å². The van der Waals surface area contributed by atoms with E-state index >= 15 is 0 Å².